The molecule has 0 radical (unpaired) electrons. The molecule has 3 rings (SSSR count). The quantitative estimate of drug-likeness (QED) is 0.745. The number of para-hydroxylation sites is 1. The van der Waals surface area contributed by atoms with Gasteiger partial charge in [-0.05, 0) is 25.0 Å². The molecular weight excluding hydrogens is 380 g/mol. The molecule has 0 saturated carbocycles. The number of hydrogen-bond donors (Lipinski definition) is 1. The van der Waals surface area contributed by atoms with Gasteiger partial charge >= 0.3 is 0 Å². The molecule has 1 aliphatic rings. The van der Waals surface area contributed by atoms with E-state index in [4.69, 9.17) is 0 Å². The number of rotatable bonds is 7. The highest BCUT2D eigenvalue weighted by atomic mass is 32.2. The van der Waals surface area contributed by atoms with Crippen LogP contribution in [-0.2, 0) is 9.59 Å². The third-order valence-corrected chi connectivity index (χ3v) is 6.66. The smallest absolute Gasteiger partial charge is 0.227 e. The van der Waals surface area contributed by atoms with Crippen LogP contribution in [0.1, 0.15) is 50.5 Å². The van der Waals surface area contributed by atoms with Crippen LogP contribution in [0.15, 0.2) is 29.2 Å². The van der Waals surface area contributed by atoms with Gasteiger partial charge in [-0.3, -0.25) is 9.59 Å². The molecule has 2 aromatic rings. The van der Waals surface area contributed by atoms with Gasteiger partial charge in [0.2, 0.25) is 16.9 Å². The fraction of sp³-hybridized carbons (Fsp3) is 0.474. The minimum Gasteiger partial charge on any atom is -0.310 e. The molecule has 0 bridgehead atoms. The van der Waals surface area contributed by atoms with Crippen LogP contribution in [0.4, 0.5) is 10.8 Å². The van der Waals surface area contributed by atoms with Gasteiger partial charge in [-0.25, -0.2) is 0 Å². The fourth-order valence-corrected chi connectivity index (χ4v) is 5.07. The van der Waals surface area contributed by atoms with Gasteiger partial charge in [0.15, 0.2) is 0 Å². The number of thioether (sulfide) groups is 1. The van der Waals surface area contributed by atoms with Crippen LogP contribution in [0.25, 0.3) is 0 Å². The zero-order valence-corrected chi connectivity index (χ0v) is 17.2. The van der Waals surface area contributed by atoms with Crippen molar-refractivity contribution in [2.75, 3.05) is 22.5 Å². The van der Waals surface area contributed by atoms with Crippen molar-refractivity contribution < 1.29 is 9.59 Å². The summed E-state index contributed by atoms with van der Waals surface area (Å²) in [6, 6.07) is 7.90. The van der Waals surface area contributed by atoms with Crippen molar-refractivity contribution >= 4 is 45.7 Å². The summed E-state index contributed by atoms with van der Waals surface area (Å²) in [5.41, 5.74) is 0.943. The summed E-state index contributed by atoms with van der Waals surface area (Å²) in [6.45, 7) is 4.92. The summed E-state index contributed by atoms with van der Waals surface area (Å²) in [5.74, 6) is 1.04. The fourth-order valence-electron chi connectivity index (χ4n) is 3.05. The maximum Gasteiger partial charge on any atom is 0.227 e. The maximum absolute atomic E-state index is 12.6. The van der Waals surface area contributed by atoms with Crippen LogP contribution < -0.4 is 10.2 Å². The second kappa shape index (κ2) is 9.32. The zero-order valence-electron chi connectivity index (χ0n) is 15.6. The molecule has 1 aromatic carbocycles. The number of nitrogens with zero attached hydrogens (tertiary/aromatic N) is 3. The van der Waals surface area contributed by atoms with Gasteiger partial charge in [0, 0.05) is 36.0 Å². The highest BCUT2D eigenvalue weighted by Crippen LogP contribution is 2.34. The average molecular weight is 405 g/mol. The van der Waals surface area contributed by atoms with E-state index in [2.05, 4.69) is 29.4 Å². The molecule has 1 N–H and O–H groups in total. The lowest BCUT2D eigenvalue weighted by Gasteiger charge is -2.28. The van der Waals surface area contributed by atoms with E-state index in [9.17, 15) is 9.59 Å². The van der Waals surface area contributed by atoms with Crippen molar-refractivity contribution in [3.63, 3.8) is 0 Å². The van der Waals surface area contributed by atoms with Crippen molar-refractivity contribution in [2.45, 2.75) is 50.3 Å². The Morgan fingerprint density at radius 3 is 2.74 bits per heavy atom. The second-order valence-electron chi connectivity index (χ2n) is 6.37. The summed E-state index contributed by atoms with van der Waals surface area (Å²) in [7, 11) is 0. The number of anilines is 2. The van der Waals surface area contributed by atoms with Gasteiger partial charge < -0.3 is 10.2 Å². The molecule has 0 spiro atoms. The molecular formula is C19H24N4O2S2. The Hall–Kier alpha value is -1.93. The largest absolute Gasteiger partial charge is 0.310 e. The molecule has 1 aliphatic heterocycles. The van der Waals surface area contributed by atoms with E-state index >= 15 is 0 Å². The second-order valence-corrected chi connectivity index (χ2v) is 8.51. The molecule has 0 fully saturated rings. The summed E-state index contributed by atoms with van der Waals surface area (Å²) in [4.78, 5) is 27.7. The minimum absolute atomic E-state index is 0.0205. The predicted octanol–water partition coefficient (Wildman–Crippen LogP) is 4.30. The Bertz CT molecular complexity index is 805. The molecule has 1 aromatic heterocycles. The SMILES string of the molecule is CCC(CC)c1nnc(NC(=O)CCC(=O)N2CCSc3ccccc32)s1. The average Bonchev–Trinajstić information content (AvgIpc) is 3.14. The molecule has 0 unspecified atom stereocenters. The standard InChI is InChI=1S/C19H24N4O2S2/c1-3-13(4-2)18-21-22-19(27-18)20-16(24)9-10-17(25)23-11-12-26-15-8-6-5-7-14(15)23/h5-8,13H,3-4,9-12H2,1-2H3,(H,20,22,24). The van der Waals surface area contributed by atoms with E-state index in [1.165, 1.54) is 11.3 Å². The lowest BCUT2D eigenvalue weighted by Crippen LogP contribution is -2.35. The van der Waals surface area contributed by atoms with E-state index < -0.39 is 0 Å². The number of carbonyl (C=O) groups is 2. The van der Waals surface area contributed by atoms with Gasteiger partial charge in [0.05, 0.1) is 5.69 Å². The van der Waals surface area contributed by atoms with Crippen molar-refractivity contribution in [2.24, 2.45) is 0 Å². The third kappa shape index (κ3) is 4.87. The number of aromatic nitrogens is 2. The highest BCUT2D eigenvalue weighted by Gasteiger charge is 2.23. The van der Waals surface area contributed by atoms with E-state index in [0.29, 0.717) is 17.6 Å². The van der Waals surface area contributed by atoms with E-state index in [-0.39, 0.29) is 24.7 Å². The first-order chi connectivity index (χ1) is 13.1. The number of nitrogens with one attached hydrogen (secondary N) is 1. The Morgan fingerprint density at radius 2 is 1.96 bits per heavy atom. The lowest BCUT2D eigenvalue weighted by atomic mass is 10.1. The zero-order chi connectivity index (χ0) is 19.2. The number of amides is 2. The maximum atomic E-state index is 12.6. The molecule has 8 heteroatoms. The molecule has 6 nitrogen and oxygen atoms in total. The van der Waals surface area contributed by atoms with Gasteiger partial charge in [-0.2, -0.15) is 0 Å². The van der Waals surface area contributed by atoms with Crippen LogP contribution in [0, 0.1) is 0 Å². The summed E-state index contributed by atoms with van der Waals surface area (Å²) in [5, 5.41) is 12.5. The van der Waals surface area contributed by atoms with E-state index in [1.54, 1.807) is 16.7 Å². The van der Waals surface area contributed by atoms with Gasteiger partial charge in [-0.15, -0.1) is 22.0 Å². The lowest BCUT2D eigenvalue weighted by molar-refractivity contribution is -0.122. The monoisotopic (exact) mass is 404 g/mol. The first kappa shape index (κ1) is 19.8. The molecule has 0 atom stereocenters. The Labute approximate surface area is 167 Å². The van der Waals surface area contributed by atoms with Crippen LogP contribution in [-0.4, -0.2) is 34.3 Å². The topological polar surface area (TPSA) is 75.2 Å². The van der Waals surface area contributed by atoms with Crippen LogP contribution >= 0.6 is 23.1 Å². The van der Waals surface area contributed by atoms with Crippen molar-refractivity contribution in [1.29, 1.82) is 0 Å². The molecule has 144 valence electrons. The van der Waals surface area contributed by atoms with E-state index in [0.717, 1.165) is 34.2 Å². The van der Waals surface area contributed by atoms with Crippen molar-refractivity contribution in [3.8, 4) is 0 Å². The molecule has 27 heavy (non-hydrogen) atoms. The van der Waals surface area contributed by atoms with Crippen molar-refractivity contribution in [3.05, 3.63) is 29.3 Å². The molecule has 2 amide bonds. The van der Waals surface area contributed by atoms with Gasteiger partial charge in [-0.1, -0.05) is 37.3 Å². The number of benzene rings is 1. The summed E-state index contributed by atoms with van der Waals surface area (Å²) < 4.78 is 0. The van der Waals surface area contributed by atoms with Gasteiger partial charge in [0.25, 0.3) is 0 Å². The van der Waals surface area contributed by atoms with Gasteiger partial charge in [0.1, 0.15) is 5.01 Å². The first-order valence-corrected chi connectivity index (χ1v) is 11.1. The normalized spacial score (nSPS) is 13.5. The number of carbonyl (C=O) groups excluding carboxylic acids is 2. The highest BCUT2D eigenvalue weighted by molar-refractivity contribution is 7.99. The van der Waals surface area contributed by atoms with Crippen LogP contribution in [0.3, 0.4) is 0 Å². The number of fused-ring (bicyclic) bond motifs is 1. The minimum atomic E-state index is -0.199. The molecule has 0 saturated heterocycles. The first-order valence-electron chi connectivity index (χ1n) is 9.27. The summed E-state index contributed by atoms with van der Waals surface area (Å²) >= 11 is 3.18. The Balaban J connectivity index is 1.53. The van der Waals surface area contributed by atoms with Crippen molar-refractivity contribution in [1.82, 2.24) is 10.2 Å². The van der Waals surface area contributed by atoms with Crippen LogP contribution in [0.5, 0.6) is 0 Å². The predicted molar refractivity (Wildman–Crippen MR) is 111 cm³/mol. The Kier molecular flexibility index (Phi) is 6.84. The summed E-state index contributed by atoms with van der Waals surface area (Å²) in [6.07, 6.45) is 2.33. The van der Waals surface area contributed by atoms with Crippen LogP contribution in [0.2, 0.25) is 0 Å². The molecule has 0 aliphatic carbocycles. The van der Waals surface area contributed by atoms with E-state index in [1.807, 2.05) is 24.3 Å². The number of hydrogen-bond acceptors (Lipinski definition) is 6. The molecule has 2 heterocycles. The third-order valence-electron chi connectivity index (χ3n) is 4.62. The Morgan fingerprint density at radius 1 is 1.19 bits per heavy atom.